The van der Waals surface area contributed by atoms with Crippen molar-refractivity contribution in [3.63, 3.8) is 0 Å². The minimum atomic E-state index is -1.46. The van der Waals surface area contributed by atoms with Gasteiger partial charge in [0.1, 0.15) is 29.6 Å². The van der Waals surface area contributed by atoms with Crippen molar-refractivity contribution in [2.24, 2.45) is 22.9 Å². The van der Waals surface area contributed by atoms with Gasteiger partial charge >= 0.3 is 0 Å². The number of nitro groups is 1. The first-order chi connectivity index (χ1) is 31.7. The van der Waals surface area contributed by atoms with Gasteiger partial charge < -0.3 is 38.9 Å². The molecule has 7 rings (SSSR count). The molecule has 2 fully saturated rings. The molecule has 0 bridgehead atoms. The van der Waals surface area contributed by atoms with Crippen LogP contribution in [0.1, 0.15) is 105 Å². The number of hydrogen-bond acceptors (Lipinski definition) is 12. The molecule has 14 heteroatoms. The Morgan fingerprint density at radius 1 is 1.02 bits per heavy atom. The molecule has 14 nitrogen and oxygen atoms in total. The van der Waals surface area contributed by atoms with Crippen molar-refractivity contribution in [2.45, 2.75) is 102 Å². The van der Waals surface area contributed by atoms with Gasteiger partial charge in [0.2, 0.25) is 18.0 Å². The lowest BCUT2D eigenvalue weighted by Gasteiger charge is -2.60. The summed E-state index contributed by atoms with van der Waals surface area (Å²) in [5.74, 6) is -0.915. The minimum absolute atomic E-state index is 0.00283. The van der Waals surface area contributed by atoms with Gasteiger partial charge in [-0.1, -0.05) is 49.2 Å². The van der Waals surface area contributed by atoms with E-state index in [9.17, 15) is 29.9 Å². The number of aliphatic hydroxyl groups excluding tert-OH is 2. The molecule has 2 aliphatic heterocycles. The topological polar surface area (TPSA) is 179 Å². The van der Waals surface area contributed by atoms with Gasteiger partial charge in [-0.05, 0) is 116 Å². The summed E-state index contributed by atoms with van der Waals surface area (Å²) in [6.07, 6.45) is 15.2. The Balaban J connectivity index is 1.42. The van der Waals surface area contributed by atoms with E-state index >= 15 is 0 Å². The quantitative estimate of drug-likeness (QED) is 0.0245. The predicted molar refractivity (Wildman–Crippen MR) is 246 cm³/mol. The Morgan fingerprint density at radius 3 is 2.51 bits per heavy atom. The van der Waals surface area contributed by atoms with E-state index in [0.717, 1.165) is 55.9 Å². The highest BCUT2D eigenvalue weighted by Gasteiger charge is 2.65. The molecule has 0 spiro atoms. The maximum Gasteiger partial charge on any atom is 0.269 e. The van der Waals surface area contributed by atoms with Crippen LogP contribution in [0.5, 0.6) is 17.2 Å². The molecule has 2 heterocycles. The van der Waals surface area contributed by atoms with Crippen LogP contribution in [0.4, 0.5) is 5.69 Å². The molecule has 3 aromatic rings. The molecule has 1 amide bonds. The molecule has 1 saturated heterocycles. The highest BCUT2D eigenvalue weighted by molar-refractivity contribution is 6.03. The first-order valence-electron chi connectivity index (χ1n) is 23.1. The highest BCUT2D eigenvalue weighted by atomic mass is 16.8. The number of nitrogens with zero attached hydrogens (tertiary/aromatic N) is 3. The first kappa shape index (κ1) is 47.3. The minimum Gasteiger partial charge on any atom is -0.459 e. The van der Waals surface area contributed by atoms with Crippen molar-refractivity contribution in [1.29, 1.82) is 0 Å². The fourth-order valence-corrected chi connectivity index (χ4v) is 10.0. The normalized spacial score (nSPS) is 25.2. The third-order valence-corrected chi connectivity index (χ3v) is 12.9. The number of non-ortho nitro benzene ring substituents is 1. The first-order valence-corrected chi connectivity index (χ1v) is 23.1. The summed E-state index contributed by atoms with van der Waals surface area (Å²) in [7, 11) is 0. The van der Waals surface area contributed by atoms with Gasteiger partial charge in [-0.15, -0.1) is 6.58 Å². The van der Waals surface area contributed by atoms with Gasteiger partial charge in [-0.2, -0.15) is 0 Å². The Labute approximate surface area is 380 Å². The number of fused-ring (bicyclic) bond motifs is 2. The summed E-state index contributed by atoms with van der Waals surface area (Å²) in [6.45, 7) is 7.19. The molecular formula is C51H61N3O11. The standard InChI is InChI=1S/C51H61N3O11/c1-3-25-53(47(58)24-19-35-17-20-38(21-18-35)54(59)60)46-33-44(52-65-48-16-7-10-29-61-48)42-31-37(13-5-8-26-55)41(15-6-9-27-56)49-43-32-40(63-39-14-11-12-36(30-39)34-57)22-23-45(43)64-51(46,50(42)49)62-28-4-2/h4,11-12,14,17-24,30-32,34,37,41,46,48-50,55-56H,2-3,5-10,13,15-16,25-29,33H2,1H3. The number of carbonyl (C=O) groups excluding carboxylic acids is 2. The van der Waals surface area contributed by atoms with Crippen LogP contribution in [0, 0.1) is 27.9 Å². The van der Waals surface area contributed by atoms with Gasteiger partial charge in [0.05, 0.1) is 29.8 Å². The van der Waals surface area contributed by atoms with Gasteiger partial charge in [-0.3, -0.25) is 19.7 Å². The van der Waals surface area contributed by atoms with Gasteiger partial charge in [0.15, 0.2) is 0 Å². The van der Waals surface area contributed by atoms with Crippen LogP contribution in [-0.2, 0) is 19.1 Å². The number of oxime groups is 1. The maximum absolute atomic E-state index is 14.8. The van der Waals surface area contributed by atoms with E-state index in [0.29, 0.717) is 72.9 Å². The molecule has 2 N–H and O–H groups in total. The van der Waals surface area contributed by atoms with Gasteiger partial charge in [0.25, 0.3) is 5.69 Å². The van der Waals surface area contributed by atoms with Crippen LogP contribution >= 0.6 is 0 Å². The molecule has 1 saturated carbocycles. The van der Waals surface area contributed by atoms with Crippen LogP contribution in [0.3, 0.4) is 0 Å². The Bertz CT molecular complexity index is 2220. The summed E-state index contributed by atoms with van der Waals surface area (Å²) in [5.41, 5.74) is 3.52. The largest absolute Gasteiger partial charge is 0.459 e. The maximum atomic E-state index is 14.8. The molecule has 7 atom stereocenters. The number of benzene rings is 3. The van der Waals surface area contributed by atoms with E-state index in [1.807, 2.05) is 25.1 Å². The Morgan fingerprint density at radius 2 is 1.80 bits per heavy atom. The van der Waals surface area contributed by atoms with Crippen molar-refractivity contribution in [3.8, 4) is 17.2 Å². The average molecular weight is 892 g/mol. The zero-order valence-corrected chi connectivity index (χ0v) is 37.1. The molecule has 0 aromatic heterocycles. The Kier molecular flexibility index (Phi) is 16.4. The van der Waals surface area contributed by atoms with Crippen molar-refractivity contribution < 1.29 is 48.5 Å². The lowest BCUT2D eigenvalue weighted by molar-refractivity contribution is -0.384. The van der Waals surface area contributed by atoms with Crippen LogP contribution in [0.2, 0.25) is 0 Å². The summed E-state index contributed by atoms with van der Waals surface area (Å²) in [4.78, 5) is 45.4. The van der Waals surface area contributed by atoms with Crippen LogP contribution in [0.15, 0.2) is 102 Å². The van der Waals surface area contributed by atoms with Crippen molar-refractivity contribution in [1.82, 2.24) is 4.90 Å². The lowest BCUT2D eigenvalue weighted by atomic mass is 9.55. The molecule has 0 radical (unpaired) electrons. The monoisotopic (exact) mass is 891 g/mol. The summed E-state index contributed by atoms with van der Waals surface area (Å²) in [5, 5.41) is 36.2. The number of amides is 1. The number of hydrogen-bond donors (Lipinski definition) is 2. The molecule has 2 aliphatic carbocycles. The Hall–Kier alpha value is -5.67. The number of allylic oxidation sites excluding steroid dienone is 1. The van der Waals surface area contributed by atoms with E-state index < -0.39 is 29.0 Å². The third-order valence-electron chi connectivity index (χ3n) is 12.9. The van der Waals surface area contributed by atoms with Crippen LogP contribution in [-0.4, -0.2) is 89.0 Å². The highest BCUT2D eigenvalue weighted by Crippen LogP contribution is 2.62. The van der Waals surface area contributed by atoms with Crippen molar-refractivity contribution in [3.05, 3.63) is 124 Å². The van der Waals surface area contributed by atoms with Crippen LogP contribution < -0.4 is 9.47 Å². The average Bonchev–Trinajstić information content (AvgIpc) is 3.33. The van der Waals surface area contributed by atoms with E-state index in [1.165, 1.54) is 18.2 Å². The lowest BCUT2D eigenvalue weighted by Crippen LogP contribution is -2.70. The van der Waals surface area contributed by atoms with E-state index in [-0.39, 0.29) is 55.6 Å². The molecule has 7 unspecified atom stereocenters. The second-order valence-electron chi connectivity index (χ2n) is 17.2. The molecule has 65 heavy (non-hydrogen) atoms. The summed E-state index contributed by atoms with van der Waals surface area (Å²) < 4.78 is 26.9. The zero-order chi connectivity index (χ0) is 45.8. The zero-order valence-electron chi connectivity index (χ0n) is 37.1. The molecular weight excluding hydrogens is 831 g/mol. The number of carbonyl (C=O) groups is 2. The number of unbranched alkanes of at least 4 members (excludes halogenated alkanes) is 2. The fraction of sp³-hybridized carbons (Fsp3) is 0.471. The van der Waals surface area contributed by atoms with E-state index in [1.54, 1.807) is 53.5 Å². The number of ether oxygens (including phenoxy) is 4. The van der Waals surface area contributed by atoms with Gasteiger partial charge in [-0.25, -0.2) is 0 Å². The van der Waals surface area contributed by atoms with E-state index in [2.05, 4.69) is 12.7 Å². The predicted octanol–water partition coefficient (Wildman–Crippen LogP) is 9.31. The second-order valence-corrected chi connectivity index (χ2v) is 17.2. The van der Waals surface area contributed by atoms with Crippen molar-refractivity contribution in [2.75, 3.05) is 33.0 Å². The SMILES string of the molecule is C=CCOC12Oc3ccc(Oc4cccc(C=O)c4)cc3C3C(CCCCO)C(CCCCO)C=C(C(=NOC4CCCCO4)CC1N(CCC)C(=O)C=Cc1ccc([N+](=O)[O-])cc1)C32. The molecule has 3 aromatic carbocycles. The number of aldehydes is 1. The van der Waals surface area contributed by atoms with Gasteiger partial charge in [0, 0.05) is 67.9 Å². The smallest absolute Gasteiger partial charge is 0.269 e. The second kappa shape index (κ2) is 22.5. The fourth-order valence-electron chi connectivity index (χ4n) is 10.0. The number of nitro benzene ring substituents is 1. The summed E-state index contributed by atoms with van der Waals surface area (Å²) in [6, 6.07) is 18.0. The third kappa shape index (κ3) is 10.9. The van der Waals surface area contributed by atoms with E-state index in [4.69, 9.17) is 28.9 Å². The van der Waals surface area contributed by atoms with Crippen molar-refractivity contribution >= 4 is 29.7 Å². The molecule has 4 aliphatic rings. The number of aliphatic hydroxyl groups is 2. The van der Waals surface area contributed by atoms with Crippen LogP contribution in [0.25, 0.3) is 6.08 Å². The number of rotatable bonds is 22. The molecule has 346 valence electrons. The summed E-state index contributed by atoms with van der Waals surface area (Å²) >= 11 is 0.